The van der Waals surface area contributed by atoms with Crippen molar-refractivity contribution in [2.75, 3.05) is 25.3 Å². The van der Waals surface area contributed by atoms with Gasteiger partial charge in [-0.15, -0.1) is 0 Å². The topological polar surface area (TPSA) is 153 Å². The van der Waals surface area contributed by atoms with Gasteiger partial charge in [-0.1, -0.05) is 25.0 Å². The summed E-state index contributed by atoms with van der Waals surface area (Å²) in [6, 6.07) is 5.78. The Morgan fingerprint density at radius 2 is 2.03 bits per heavy atom. The number of fused-ring (bicyclic) bond motifs is 1. The van der Waals surface area contributed by atoms with Gasteiger partial charge in [0.1, 0.15) is 18.8 Å². The number of hydrogen-bond donors (Lipinski definition) is 2. The van der Waals surface area contributed by atoms with E-state index in [4.69, 9.17) is 29.0 Å². The summed E-state index contributed by atoms with van der Waals surface area (Å²) in [5.74, 6) is 0.898. The maximum absolute atomic E-state index is 13.7. The molecule has 0 radical (unpaired) electrons. The molecular formula is C25H29FN5O7P. The number of aromatic amines is 1. The number of imidazole rings is 1. The van der Waals surface area contributed by atoms with Crippen LogP contribution < -0.4 is 11.3 Å². The quantitative estimate of drug-likeness (QED) is 0.243. The molecule has 0 amide bonds. The van der Waals surface area contributed by atoms with E-state index in [1.165, 1.54) is 24.5 Å². The third-order valence-corrected chi connectivity index (χ3v) is 7.93. The van der Waals surface area contributed by atoms with E-state index in [1.54, 1.807) is 10.6 Å². The van der Waals surface area contributed by atoms with Gasteiger partial charge < -0.3 is 29.0 Å². The zero-order valence-electron chi connectivity index (χ0n) is 21.1. The number of halogens is 1. The highest BCUT2D eigenvalue weighted by atomic mass is 31.2. The molecule has 3 heterocycles. The van der Waals surface area contributed by atoms with Crippen LogP contribution in [-0.4, -0.2) is 39.1 Å². The van der Waals surface area contributed by atoms with Gasteiger partial charge in [-0.05, 0) is 37.1 Å². The number of nitrogen functional groups attached to an aromatic ring is 1. The molecule has 2 aromatic heterocycles. The van der Waals surface area contributed by atoms with Crippen LogP contribution in [0.4, 0.5) is 10.3 Å². The molecule has 2 aliphatic rings. The lowest BCUT2D eigenvalue weighted by Gasteiger charge is -2.19. The molecule has 14 heteroatoms. The number of hydrogen-bond acceptors (Lipinski definition) is 10. The molecule has 0 bridgehead atoms. The largest absolute Gasteiger partial charge is 0.427 e. The number of rotatable bonds is 12. The Labute approximate surface area is 223 Å². The molecule has 12 nitrogen and oxygen atoms in total. The molecule has 1 fully saturated rings. The molecule has 1 atom stereocenters. The maximum atomic E-state index is 13.7. The second-order valence-electron chi connectivity index (χ2n) is 9.23. The summed E-state index contributed by atoms with van der Waals surface area (Å²) in [6.07, 6.45) is 5.14. The van der Waals surface area contributed by atoms with Gasteiger partial charge in [-0.2, -0.15) is 4.98 Å². The average molecular weight is 562 g/mol. The van der Waals surface area contributed by atoms with Crippen LogP contribution in [0, 0.1) is 11.7 Å². The average Bonchev–Trinajstić information content (AvgIpc) is 3.65. The van der Waals surface area contributed by atoms with Crippen LogP contribution in [-0.2, 0) is 41.0 Å². The molecule has 1 aliphatic carbocycles. The molecule has 3 N–H and O–H groups in total. The summed E-state index contributed by atoms with van der Waals surface area (Å²) >= 11 is 0. The van der Waals surface area contributed by atoms with Crippen molar-refractivity contribution in [3.63, 3.8) is 0 Å². The third-order valence-electron chi connectivity index (χ3n) is 6.39. The highest BCUT2D eigenvalue weighted by molar-refractivity contribution is 7.53. The minimum Gasteiger partial charge on any atom is -0.427 e. The van der Waals surface area contributed by atoms with Crippen LogP contribution in [0.15, 0.2) is 59.4 Å². The van der Waals surface area contributed by atoms with Crippen LogP contribution >= 0.6 is 7.60 Å². The van der Waals surface area contributed by atoms with Crippen molar-refractivity contribution in [3.05, 3.63) is 76.4 Å². The Bertz CT molecular complexity index is 1500. The minimum atomic E-state index is -3.86. The zero-order chi connectivity index (χ0) is 27.4. The highest BCUT2D eigenvalue weighted by Gasteiger charge is 2.34. The molecule has 0 saturated heterocycles. The van der Waals surface area contributed by atoms with Crippen LogP contribution in [0.25, 0.3) is 11.2 Å². The van der Waals surface area contributed by atoms with Crippen molar-refractivity contribution in [1.82, 2.24) is 19.5 Å². The standard InChI is InChI=1S/C25H29FN5O7P/c1-16-37-20(22(38-16)18-6-2-3-7-18)13-36-39(33,35-12-17-5-4-8-19(26)11-17)15-34-10-9-31-14-28-21-23(31)29-25(27)30-24(21)32/h4-5,8,11,14,18H,1-3,6-7,9-10,12-13,15H2,(H3,27,29,30,32). The van der Waals surface area contributed by atoms with E-state index in [0.717, 1.165) is 25.7 Å². The summed E-state index contributed by atoms with van der Waals surface area (Å²) < 4.78 is 57.3. The number of allylic oxidation sites excluding steroid dienone is 1. The number of nitrogens with one attached hydrogen (secondary N) is 1. The van der Waals surface area contributed by atoms with Gasteiger partial charge in [0.15, 0.2) is 22.7 Å². The fraction of sp³-hybridized carbons (Fsp3) is 0.400. The number of aromatic nitrogens is 4. The van der Waals surface area contributed by atoms with Gasteiger partial charge in [-0.3, -0.25) is 18.9 Å². The number of ether oxygens (including phenoxy) is 3. The molecule has 1 aromatic carbocycles. The Kier molecular flexibility index (Phi) is 8.12. The first-order valence-corrected chi connectivity index (χ1v) is 14.2. The molecule has 3 aromatic rings. The van der Waals surface area contributed by atoms with Gasteiger partial charge >= 0.3 is 7.60 Å². The zero-order valence-corrected chi connectivity index (χ0v) is 22.0. The molecule has 0 spiro atoms. The van der Waals surface area contributed by atoms with Gasteiger partial charge in [0.05, 0.1) is 19.5 Å². The Morgan fingerprint density at radius 1 is 1.23 bits per heavy atom. The van der Waals surface area contributed by atoms with Crippen LogP contribution in [0.3, 0.4) is 0 Å². The van der Waals surface area contributed by atoms with E-state index in [-0.39, 0.29) is 56.0 Å². The van der Waals surface area contributed by atoms with E-state index in [0.29, 0.717) is 22.7 Å². The van der Waals surface area contributed by atoms with E-state index < -0.39 is 19.0 Å². The monoisotopic (exact) mass is 561 g/mol. The van der Waals surface area contributed by atoms with Crippen molar-refractivity contribution in [1.29, 1.82) is 0 Å². The van der Waals surface area contributed by atoms with Gasteiger partial charge in [0.2, 0.25) is 5.95 Å². The molecule has 208 valence electrons. The fourth-order valence-corrected chi connectivity index (χ4v) is 5.77. The summed E-state index contributed by atoms with van der Waals surface area (Å²) in [5, 5.41) is 0. The molecule has 1 saturated carbocycles. The van der Waals surface area contributed by atoms with Crippen LogP contribution in [0.5, 0.6) is 0 Å². The minimum absolute atomic E-state index is 0.0362. The predicted octanol–water partition coefficient (Wildman–Crippen LogP) is 4.16. The van der Waals surface area contributed by atoms with E-state index >= 15 is 0 Å². The van der Waals surface area contributed by atoms with E-state index in [9.17, 15) is 13.8 Å². The SMILES string of the molecule is C=C1OC(COP(=O)(COCCn2cnc3c(=O)[nH]c(N)nc32)OCc2cccc(F)c2)=C(C2CCCC2)O1. The van der Waals surface area contributed by atoms with Crippen molar-refractivity contribution in [3.8, 4) is 0 Å². The third kappa shape index (κ3) is 6.56. The Morgan fingerprint density at radius 3 is 2.82 bits per heavy atom. The van der Waals surface area contributed by atoms with Gasteiger partial charge in [0, 0.05) is 12.5 Å². The van der Waals surface area contributed by atoms with E-state index in [1.807, 2.05) is 0 Å². The fourth-order valence-electron chi connectivity index (χ4n) is 4.53. The summed E-state index contributed by atoms with van der Waals surface area (Å²) in [7, 11) is -3.86. The van der Waals surface area contributed by atoms with Crippen molar-refractivity contribution >= 4 is 24.7 Å². The lowest BCUT2D eigenvalue weighted by Crippen LogP contribution is -2.14. The van der Waals surface area contributed by atoms with Crippen molar-refractivity contribution in [2.45, 2.75) is 38.8 Å². The summed E-state index contributed by atoms with van der Waals surface area (Å²) in [5.41, 5.74) is 6.11. The summed E-state index contributed by atoms with van der Waals surface area (Å²) in [4.78, 5) is 22.5. The normalized spacial score (nSPS) is 17.5. The van der Waals surface area contributed by atoms with Crippen LogP contribution in [0.1, 0.15) is 31.2 Å². The maximum Gasteiger partial charge on any atom is 0.356 e. The lowest BCUT2D eigenvalue weighted by atomic mass is 10.1. The first kappa shape index (κ1) is 27.1. The highest BCUT2D eigenvalue weighted by Crippen LogP contribution is 2.50. The van der Waals surface area contributed by atoms with Crippen molar-refractivity contribution < 1.29 is 32.2 Å². The van der Waals surface area contributed by atoms with Crippen molar-refractivity contribution in [2.24, 2.45) is 5.92 Å². The number of anilines is 1. The second kappa shape index (κ2) is 11.7. The first-order valence-electron chi connectivity index (χ1n) is 12.5. The van der Waals surface area contributed by atoms with Crippen LogP contribution in [0.2, 0.25) is 0 Å². The number of H-pyrrole nitrogens is 1. The Balaban J connectivity index is 1.25. The van der Waals surface area contributed by atoms with Gasteiger partial charge in [0.25, 0.3) is 11.5 Å². The molecular weight excluding hydrogens is 532 g/mol. The number of benzene rings is 1. The molecule has 5 rings (SSSR count). The smallest absolute Gasteiger partial charge is 0.356 e. The van der Waals surface area contributed by atoms with E-state index in [2.05, 4.69) is 21.5 Å². The Hall–Kier alpha value is -3.51. The van der Waals surface area contributed by atoms with Gasteiger partial charge in [-0.25, -0.2) is 9.37 Å². The molecule has 39 heavy (non-hydrogen) atoms. The molecule has 1 aliphatic heterocycles. The lowest BCUT2D eigenvalue weighted by molar-refractivity contribution is 0.114. The number of nitrogens with zero attached hydrogens (tertiary/aromatic N) is 3. The first-order chi connectivity index (χ1) is 18.8. The summed E-state index contributed by atoms with van der Waals surface area (Å²) in [6.45, 7) is 3.71. The molecule has 1 unspecified atom stereocenters. The second-order valence-corrected chi connectivity index (χ2v) is 11.2. The number of nitrogens with two attached hydrogens (primary N) is 1. The predicted molar refractivity (Wildman–Crippen MR) is 138 cm³/mol.